The zero-order valence-corrected chi connectivity index (χ0v) is 22.1. The lowest BCUT2D eigenvalue weighted by Crippen LogP contribution is -2.41. The number of hydrogen-bond donors (Lipinski definition) is 1. The Bertz CT molecular complexity index is 1350. The SMILES string of the molecule is CN.COc1nc2c(s1)CC1(CCN(c3nc(C)c(-c4ccnc(C)c4Cl)n4nccc34)CC1)C2. The van der Waals surface area contributed by atoms with Gasteiger partial charge in [0.15, 0.2) is 5.82 Å². The summed E-state index contributed by atoms with van der Waals surface area (Å²) in [5.41, 5.74) is 10.6. The topological polar surface area (TPSA) is 94.5 Å². The Morgan fingerprint density at radius 2 is 1.83 bits per heavy atom. The van der Waals surface area contributed by atoms with Gasteiger partial charge in [-0.15, -0.1) is 0 Å². The minimum Gasteiger partial charge on any atom is -0.473 e. The van der Waals surface area contributed by atoms with Gasteiger partial charge in [-0.25, -0.2) is 14.5 Å². The largest absolute Gasteiger partial charge is 0.473 e. The van der Waals surface area contributed by atoms with Crippen molar-refractivity contribution in [1.29, 1.82) is 0 Å². The molecule has 4 aromatic rings. The van der Waals surface area contributed by atoms with E-state index < -0.39 is 0 Å². The summed E-state index contributed by atoms with van der Waals surface area (Å²) in [6, 6.07) is 3.98. The molecule has 1 aliphatic carbocycles. The van der Waals surface area contributed by atoms with Crippen LogP contribution in [-0.4, -0.2) is 51.8 Å². The van der Waals surface area contributed by atoms with Gasteiger partial charge < -0.3 is 15.4 Å². The number of piperidine rings is 1. The molecule has 6 rings (SSSR count). The molecule has 5 heterocycles. The third kappa shape index (κ3) is 4.05. The number of rotatable bonds is 3. The van der Waals surface area contributed by atoms with Gasteiger partial charge in [0.2, 0.25) is 0 Å². The number of pyridine rings is 1. The van der Waals surface area contributed by atoms with Gasteiger partial charge in [0.05, 0.1) is 41.1 Å². The van der Waals surface area contributed by atoms with E-state index in [0.29, 0.717) is 10.4 Å². The van der Waals surface area contributed by atoms with E-state index in [1.165, 1.54) is 17.6 Å². The van der Waals surface area contributed by atoms with Crippen LogP contribution in [0.5, 0.6) is 5.19 Å². The molecule has 1 aliphatic heterocycles. The number of anilines is 1. The highest BCUT2D eigenvalue weighted by molar-refractivity contribution is 7.13. The first-order valence-corrected chi connectivity index (χ1v) is 13.0. The van der Waals surface area contributed by atoms with Gasteiger partial charge in [-0.3, -0.25) is 4.98 Å². The summed E-state index contributed by atoms with van der Waals surface area (Å²) < 4.78 is 7.31. The first-order chi connectivity index (χ1) is 17.0. The standard InChI is InChI=1S/C24H25ClN6OS.CH5N/c1-14-20(25)16(4-8-26-14)21-15(2)28-22(18-5-9-27-31(18)21)30-10-6-24(7-11-30)12-17-19(13-24)33-23(29-17)32-3;1-2/h4-5,8-9H,6-7,10-13H2,1-3H3;2H2,1H3. The summed E-state index contributed by atoms with van der Waals surface area (Å²) in [5.74, 6) is 0.998. The van der Waals surface area contributed by atoms with Crippen molar-refractivity contribution in [2.45, 2.75) is 39.5 Å². The molecule has 2 N–H and O–H groups in total. The fourth-order valence-corrected chi connectivity index (χ4v) is 6.64. The molecule has 0 saturated carbocycles. The predicted molar refractivity (Wildman–Crippen MR) is 141 cm³/mol. The van der Waals surface area contributed by atoms with E-state index >= 15 is 0 Å². The van der Waals surface area contributed by atoms with Crippen LogP contribution in [-0.2, 0) is 12.8 Å². The monoisotopic (exact) mass is 511 g/mol. The van der Waals surface area contributed by atoms with Gasteiger partial charge >= 0.3 is 0 Å². The summed E-state index contributed by atoms with van der Waals surface area (Å²) in [4.78, 5) is 17.9. The molecule has 0 bridgehead atoms. The van der Waals surface area contributed by atoms with Gasteiger partial charge in [0, 0.05) is 29.7 Å². The Hall–Kier alpha value is -2.75. The number of nitrogens with zero attached hydrogens (tertiary/aromatic N) is 6. The summed E-state index contributed by atoms with van der Waals surface area (Å²) in [6.45, 7) is 5.91. The Labute approximate surface area is 214 Å². The van der Waals surface area contributed by atoms with Crippen LogP contribution in [0.2, 0.25) is 5.02 Å². The lowest BCUT2D eigenvalue weighted by molar-refractivity contribution is 0.231. The molecule has 1 fully saturated rings. The maximum atomic E-state index is 6.62. The van der Waals surface area contributed by atoms with Crippen LogP contribution < -0.4 is 15.4 Å². The van der Waals surface area contributed by atoms with E-state index in [1.807, 2.05) is 36.7 Å². The van der Waals surface area contributed by atoms with E-state index in [4.69, 9.17) is 21.3 Å². The molecular formula is C25H30ClN7OS. The zero-order chi connectivity index (χ0) is 24.7. The number of aromatic nitrogens is 5. The van der Waals surface area contributed by atoms with Crippen molar-refractivity contribution in [3.05, 3.63) is 51.5 Å². The van der Waals surface area contributed by atoms with E-state index in [9.17, 15) is 0 Å². The minimum atomic E-state index is 0.324. The third-order valence-corrected chi connectivity index (χ3v) is 8.69. The van der Waals surface area contributed by atoms with Crippen molar-refractivity contribution >= 4 is 34.3 Å². The molecule has 0 amide bonds. The van der Waals surface area contributed by atoms with Crippen LogP contribution in [0.4, 0.5) is 5.82 Å². The second kappa shape index (κ2) is 9.37. The fraction of sp³-hybridized carbons (Fsp3) is 0.440. The van der Waals surface area contributed by atoms with E-state index in [0.717, 1.165) is 77.9 Å². The number of hydrogen-bond acceptors (Lipinski definition) is 8. The molecule has 0 unspecified atom stereocenters. The predicted octanol–water partition coefficient (Wildman–Crippen LogP) is 4.49. The molecule has 0 atom stereocenters. The van der Waals surface area contributed by atoms with Gasteiger partial charge in [0.25, 0.3) is 5.19 Å². The normalized spacial score (nSPS) is 16.3. The van der Waals surface area contributed by atoms with E-state index in [2.05, 4.69) is 25.7 Å². The number of ether oxygens (including phenoxy) is 1. The highest BCUT2D eigenvalue weighted by Crippen LogP contribution is 2.48. The maximum Gasteiger partial charge on any atom is 0.273 e. The van der Waals surface area contributed by atoms with Gasteiger partial charge in [-0.05, 0) is 64.1 Å². The van der Waals surface area contributed by atoms with Gasteiger partial charge in [0.1, 0.15) is 5.52 Å². The number of nitrogens with two attached hydrogens (primary N) is 1. The minimum absolute atomic E-state index is 0.324. The number of aryl methyl sites for hydroxylation is 2. The lowest BCUT2D eigenvalue weighted by atomic mass is 9.76. The zero-order valence-electron chi connectivity index (χ0n) is 20.5. The third-order valence-electron chi connectivity index (χ3n) is 7.15. The second-order valence-electron chi connectivity index (χ2n) is 9.15. The fourth-order valence-electron chi connectivity index (χ4n) is 5.37. The van der Waals surface area contributed by atoms with Crippen molar-refractivity contribution in [1.82, 2.24) is 24.6 Å². The summed E-state index contributed by atoms with van der Waals surface area (Å²) in [7, 11) is 3.20. The number of thiazole rings is 1. The number of halogens is 1. The Balaban J connectivity index is 0.00000124. The van der Waals surface area contributed by atoms with E-state index in [1.54, 1.807) is 24.6 Å². The number of methoxy groups -OCH3 is 1. The van der Waals surface area contributed by atoms with Gasteiger partial charge in [-0.2, -0.15) is 5.10 Å². The van der Waals surface area contributed by atoms with Crippen molar-refractivity contribution in [3.63, 3.8) is 0 Å². The summed E-state index contributed by atoms with van der Waals surface area (Å²) >= 11 is 8.33. The Morgan fingerprint density at radius 3 is 2.54 bits per heavy atom. The van der Waals surface area contributed by atoms with Crippen LogP contribution in [0, 0.1) is 19.3 Å². The van der Waals surface area contributed by atoms with Crippen LogP contribution in [0.3, 0.4) is 0 Å². The molecule has 1 spiro atoms. The first kappa shape index (κ1) is 24.0. The van der Waals surface area contributed by atoms with Crippen molar-refractivity contribution < 1.29 is 4.74 Å². The smallest absolute Gasteiger partial charge is 0.273 e. The molecule has 4 aromatic heterocycles. The molecule has 184 valence electrons. The van der Waals surface area contributed by atoms with Crippen molar-refractivity contribution in [2.24, 2.45) is 11.1 Å². The molecule has 0 radical (unpaired) electrons. The Morgan fingerprint density at radius 1 is 1.06 bits per heavy atom. The highest BCUT2D eigenvalue weighted by atomic mass is 35.5. The van der Waals surface area contributed by atoms with Crippen LogP contribution in [0.1, 0.15) is 34.8 Å². The van der Waals surface area contributed by atoms with Crippen LogP contribution in [0.25, 0.3) is 16.8 Å². The van der Waals surface area contributed by atoms with Crippen molar-refractivity contribution in [3.8, 4) is 16.5 Å². The average Bonchev–Trinajstić information content (AvgIpc) is 3.57. The lowest BCUT2D eigenvalue weighted by Gasteiger charge is -2.40. The summed E-state index contributed by atoms with van der Waals surface area (Å²) in [6.07, 6.45) is 8.07. The highest BCUT2D eigenvalue weighted by Gasteiger charge is 2.42. The first-order valence-electron chi connectivity index (χ1n) is 11.8. The molecule has 10 heteroatoms. The Kier molecular flexibility index (Phi) is 6.41. The van der Waals surface area contributed by atoms with Crippen LogP contribution >= 0.6 is 22.9 Å². The van der Waals surface area contributed by atoms with Crippen LogP contribution in [0.15, 0.2) is 24.5 Å². The molecule has 2 aliphatic rings. The van der Waals surface area contributed by atoms with E-state index in [-0.39, 0.29) is 0 Å². The average molecular weight is 512 g/mol. The molecule has 35 heavy (non-hydrogen) atoms. The number of fused-ring (bicyclic) bond motifs is 2. The van der Waals surface area contributed by atoms with Gasteiger partial charge in [-0.1, -0.05) is 22.9 Å². The summed E-state index contributed by atoms with van der Waals surface area (Å²) in [5, 5.41) is 6.08. The van der Waals surface area contributed by atoms with Crippen molar-refractivity contribution in [2.75, 3.05) is 32.1 Å². The second-order valence-corrected chi connectivity index (χ2v) is 10.6. The maximum absolute atomic E-state index is 6.62. The molecular weight excluding hydrogens is 482 g/mol. The molecule has 0 aromatic carbocycles. The molecule has 8 nitrogen and oxygen atoms in total. The molecule has 1 saturated heterocycles. The quantitative estimate of drug-likeness (QED) is 0.433.